The second-order valence-corrected chi connectivity index (χ2v) is 3.63. The Morgan fingerprint density at radius 1 is 1.50 bits per heavy atom. The van der Waals surface area contributed by atoms with Gasteiger partial charge in [-0.3, -0.25) is 4.79 Å². The lowest BCUT2D eigenvalue weighted by molar-refractivity contribution is -0.150. The van der Waals surface area contributed by atoms with Gasteiger partial charge in [-0.05, 0) is 20.3 Å². The zero-order chi connectivity index (χ0) is 12.7. The van der Waals surface area contributed by atoms with E-state index in [1.54, 1.807) is 13.8 Å². The molecule has 0 rings (SSSR count). The number of ether oxygens (including phenoxy) is 1. The molecular formula is C10H20N2O4. The van der Waals surface area contributed by atoms with Gasteiger partial charge >= 0.3 is 5.97 Å². The molecule has 0 saturated heterocycles. The standard InChI is InChI=1S/C10H20N2O4/c1-4-16-10(15)8(11)9(14)12(3)6-5-7(2)13/h7-8,13H,4-6,11H2,1-3H3. The third-order valence-electron chi connectivity index (χ3n) is 2.07. The predicted molar refractivity (Wildman–Crippen MR) is 58.5 cm³/mol. The normalized spacial score (nSPS) is 14.1. The highest BCUT2D eigenvalue weighted by Crippen LogP contribution is 1.97. The highest BCUT2D eigenvalue weighted by atomic mass is 16.5. The Bertz CT molecular complexity index is 243. The molecule has 0 saturated carbocycles. The molecule has 6 heteroatoms. The number of esters is 1. The Kier molecular flexibility index (Phi) is 6.67. The molecule has 0 radical (unpaired) electrons. The summed E-state index contributed by atoms with van der Waals surface area (Å²) < 4.78 is 4.64. The summed E-state index contributed by atoms with van der Waals surface area (Å²) in [6.45, 7) is 3.82. The number of carbonyl (C=O) groups is 2. The van der Waals surface area contributed by atoms with Crippen LogP contribution in [0, 0.1) is 0 Å². The summed E-state index contributed by atoms with van der Waals surface area (Å²) in [5.74, 6) is -1.23. The lowest BCUT2D eigenvalue weighted by Gasteiger charge is -2.20. The second kappa shape index (κ2) is 7.19. The number of hydrogen-bond acceptors (Lipinski definition) is 5. The second-order valence-electron chi connectivity index (χ2n) is 3.63. The van der Waals surface area contributed by atoms with E-state index in [9.17, 15) is 9.59 Å². The molecule has 0 aromatic carbocycles. The molecule has 94 valence electrons. The van der Waals surface area contributed by atoms with E-state index in [-0.39, 0.29) is 6.61 Å². The Morgan fingerprint density at radius 2 is 2.06 bits per heavy atom. The lowest BCUT2D eigenvalue weighted by Crippen LogP contribution is -2.48. The van der Waals surface area contributed by atoms with Crippen molar-refractivity contribution in [1.29, 1.82) is 0 Å². The summed E-state index contributed by atoms with van der Waals surface area (Å²) in [4.78, 5) is 24.1. The van der Waals surface area contributed by atoms with Gasteiger partial charge in [0.2, 0.25) is 0 Å². The Morgan fingerprint density at radius 3 is 2.50 bits per heavy atom. The summed E-state index contributed by atoms with van der Waals surface area (Å²) >= 11 is 0. The molecule has 3 N–H and O–H groups in total. The molecule has 2 unspecified atom stereocenters. The Balaban J connectivity index is 4.15. The zero-order valence-electron chi connectivity index (χ0n) is 9.97. The number of nitrogens with zero attached hydrogens (tertiary/aromatic N) is 1. The van der Waals surface area contributed by atoms with E-state index in [4.69, 9.17) is 10.8 Å². The minimum absolute atomic E-state index is 0.192. The number of likely N-dealkylation sites (N-methyl/N-ethyl adjacent to an activating group) is 1. The van der Waals surface area contributed by atoms with Crippen molar-refractivity contribution in [3.05, 3.63) is 0 Å². The van der Waals surface area contributed by atoms with E-state index in [2.05, 4.69) is 4.74 Å². The maximum absolute atomic E-state index is 11.6. The van der Waals surface area contributed by atoms with E-state index in [0.29, 0.717) is 13.0 Å². The minimum atomic E-state index is -1.28. The van der Waals surface area contributed by atoms with Crippen LogP contribution >= 0.6 is 0 Å². The van der Waals surface area contributed by atoms with E-state index in [1.165, 1.54) is 11.9 Å². The highest BCUT2D eigenvalue weighted by molar-refractivity contribution is 6.01. The molecule has 0 fully saturated rings. The van der Waals surface area contributed by atoms with Crippen LogP contribution in [0.15, 0.2) is 0 Å². The van der Waals surface area contributed by atoms with E-state index >= 15 is 0 Å². The molecule has 1 amide bonds. The molecule has 0 aliphatic rings. The van der Waals surface area contributed by atoms with E-state index in [1.807, 2.05) is 0 Å². The molecule has 16 heavy (non-hydrogen) atoms. The van der Waals surface area contributed by atoms with Crippen LogP contribution in [-0.2, 0) is 14.3 Å². The van der Waals surface area contributed by atoms with Crippen LogP contribution in [0.1, 0.15) is 20.3 Å². The number of aliphatic hydroxyl groups excluding tert-OH is 1. The van der Waals surface area contributed by atoms with Gasteiger partial charge in [0.15, 0.2) is 6.04 Å². The average molecular weight is 232 g/mol. The van der Waals surface area contributed by atoms with Gasteiger partial charge in [-0.1, -0.05) is 0 Å². The molecule has 0 aromatic rings. The van der Waals surface area contributed by atoms with Crippen LogP contribution in [0.2, 0.25) is 0 Å². The van der Waals surface area contributed by atoms with Crippen LogP contribution in [0.5, 0.6) is 0 Å². The smallest absolute Gasteiger partial charge is 0.332 e. The van der Waals surface area contributed by atoms with Crippen LogP contribution < -0.4 is 5.73 Å². The maximum atomic E-state index is 11.6. The van der Waals surface area contributed by atoms with Gasteiger partial charge < -0.3 is 20.5 Å². The molecule has 0 heterocycles. The first kappa shape index (κ1) is 14.9. The molecule has 0 aromatic heterocycles. The largest absolute Gasteiger partial charge is 0.464 e. The maximum Gasteiger partial charge on any atom is 0.332 e. The number of aliphatic hydroxyl groups is 1. The number of rotatable bonds is 6. The number of hydrogen-bond donors (Lipinski definition) is 2. The van der Waals surface area contributed by atoms with Crippen molar-refractivity contribution in [2.45, 2.75) is 32.4 Å². The first-order valence-corrected chi connectivity index (χ1v) is 5.25. The molecule has 0 aliphatic carbocycles. The van der Waals surface area contributed by atoms with Crippen molar-refractivity contribution in [1.82, 2.24) is 4.90 Å². The summed E-state index contributed by atoms with van der Waals surface area (Å²) in [5, 5.41) is 9.05. The first-order chi connectivity index (χ1) is 7.40. The molecule has 0 aliphatic heterocycles. The van der Waals surface area contributed by atoms with Gasteiger partial charge in [-0.2, -0.15) is 0 Å². The fourth-order valence-electron chi connectivity index (χ4n) is 1.06. The van der Waals surface area contributed by atoms with Crippen molar-refractivity contribution in [2.75, 3.05) is 20.2 Å². The summed E-state index contributed by atoms with van der Waals surface area (Å²) in [5.41, 5.74) is 5.43. The average Bonchev–Trinajstić information content (AvgIpc) is 2.23. The SMILES string of the molecule is CCOC(=O)C(N)C(=O)N(C)CCC(C)O. The van der Waals surface area contributed by atoms with Gasteiger partial charge in [0.1, 0.15) is 0 Å². The van der Waals surface area contributed by atoms with Crippen molar-refractivity contribution in [3.63, 3.8) is 0 Å². The number of carbonyl (C=O) groups excluding carboxylic acids is 2. The van der Waals surface area contributed by atoms with Gasteiger partial charge in [-0.15, -0.1) is 0 Å². The van der Waals surface area contributed by atoms with E-state index < -0.39 is 24.0 Å². The van der Waals surface area contributed by atoms with Gasteiger partial charge in [0, 0.05) is 13.6 Å². The predicted octanol–water partition coefficient (Wildman–Crippen LogP) is -0.894. The molecular weight excluding hydrogens is 212 g/mol. The van der Waals surface area contributed by atoms with Crippen LogP contribution in [0.4, 0.5) is 0 Å². The topological polar surface area (TPSA) is 92.9 Å². The molecule has 2 atom stereocenters. The van der Waals surface area contributed by atoms with Crippen LogP contribution in [0.3, 0.4) is 0 Å². The molecule has 0 bridgehead atoms. The van der Waals surface area contributed by atoms with E-state index in [0.717, 1.165) is 0 Å². The third-order valence-corrected chi connectivity index (χ3v) is 2.07. The van der Waals surface area contributed by atoms with Crippen molar-refractivity contribution < 1.29 is 19.4 Å². The quantitative estimate of drug-likeness (QED) is 0.457. The molecule has 0 spiro atoms. The van der Waals surface area contributed by atoms with Gasteiger partial charge in [0.05, 0.1) is 12.7 Å². The third kappa shape index (κ3) is 5.09. The minimum Gasteiger partial charge on any atom is -0.464 e. The zero-order valence-corrected chi connectivity index (χ0v) is 9.97. The monoisotopic (exact) mass is 232 g/mol. The summed E-state index contributed by atoms with van der Waals surface area (Å²) in [6.07, 6.45) is -0.0494. The summed E-state index contributed by atoms with van der Waals surface area (Å²) in [7, 11) is 1.53. The number of nitrogens with two attached hydrogens (primary N) is 1. The lowest BCUT2D eigenvalue weighted by atomic mass is 10.2. The Hall–Kier alpha value is -1.14. The van der Waals surface area contributed by atoms with Crippen LogP contribution in [0.25, 0.3) is 0 Å². The summed E-state index contributed by atoms with van der Waals surface area (Å²) in [6, 6.07) is -1.28. The fraction of sp³-hybridized carbons (Fsp3) is 0.800. The Labute approximate surface area is 95.4 Å². The van der Waals surface area contributed by atoms with Crippen molar-refractivity contribution in [3.8, 4) is 0 Å². The van der Waals surface area contributed by atoms with Crippen molar-refractivity contribution >= 4 is 11.9 Å². The first-order valence-electron chi connectivity index (χ1n) is 5.25. The highest BCUT2D eigenvalue weighted by Gasteiger charge is 2.26. The number of amides is 1. The van der Waals surface area contributed by atoms with Crippen LogP contribution in [-0.4, -0.2) is 54.2 Å². The van der Waals surface area contributed by atoms with Gasteiger partial charge in [0.25, 0.3) is 5.91 Å². The van der Waals surface area contributed by atoms with Crippen molar-refractivity contribution in [2.24, 2.45) is 5.73 Å². The fourth-order valence-corrected chi connectivity index (χ4v) is 1.06. The van der Waals surface area contributed by atoms with Gasteiger partial charge in [-0.25, -0.2) is 4.79 Å². The molecule has 6 nitrogen and oxygen atoms in total.